The summed E-state index contributed by atoms with van der Waals surface area (Å²) in [6.45, 7) is 0.775. The Kier molecular flexibility index (Phi) is 4.10. The molecule has 1 aromatic heterocycles. The molecule has 0 saturated heterocycles. The SMILES string of the molecule is COc1ccc(N(C)c2cnn(Cc3ccccc3)c2)cc1. The highest BCUT2D eigenvalue weighted by molar-refractivity contribution is 5.61. The highest BCUT2D eigenvalue weighted by Crippen LogP contribution is 2.25. The number of aromatic nitrogens is 2. The maximum absolute atomic E-state index is 5.19. The molecule has 0 saturated carbocycles. The van der Waals surface area contributed by atoms with Crippen molar-refractivity contribution >= 4 is 11.4 Å². The second kappa shape index (κ2) is 6.35. The van der Waals surface area contributed by atoms with Crippen LogP contribution in [0.1, 0.15) is 5.56 Å². The van der Waals surface area contributed by atoms with Gasteiger partial charge in [-0.2, -0.15) is 5.10 Å². The molecular formula is C18H19N3O. The van der Waals surface area contributed by atoms with Crippen molar-refractivity contribution in [2.24, 2.45) is 0 Å². The monoisotopic (exact) mass is 293 g/mol. The Morgan fingerprint density at radius 3 is 2.41 bits per heavy atom. The summed E-state index contributed by atoms with van der Waals surface area (Å²) < 4.78 is 7.14. The topological polar surface area (TPSA) is 30.3 Å². The second-order valence-corrected chi connectivity index (χ2v) is 5.14. The fourth-order valence-corrected chi connectivity index (χ4v) is 2.34. The van der Waals surface area contributed by atoms with Crippen LogP contribution in [0.25, 0.3) is 0 Å². The van der Waals surface area contributed by atoms with Gasteiger partial charge in [0.05, 0.1) is 25.5 Å². The Balaban J connectivity index is 1.74. The molecule has 22 heavy (non-hydrogen) atoms. The average molecular weight is 293 g/mol. The summed E-state index contributed by atoms with van der Waals surface area (Å²) in [5.74, 6) is 0.858. The number of nitrogens with zero attached hydrogens (tertiary/aromatic N) is 3. The fourth-order valence-electron chi connectivity index (χ4n) is 2.34. The fraction of sp³-hybridized carbons (Fsp3) is 0.167. The molecule has 1 heterocycles. The largest absolute Gasteiger partial charge is 0.497 e. The molecular weight excluding hydrogens is 274 g/mol. The van der Waals surface area contributed by atoms with Gasteiger partial charge >= 0.3 is 0 Å². The van der Waals surface area contributed by atoms with E-state index in [1.54, 1.807) is 7.11 Å². The molecule has 3 rings (SSSR count). The molecule has 3 aromatic rings. The summed E-state index contributed by atoms with van der Waals surface area (Å²) in [5, 5.41) is 4.44. The zero-order valence-corrected chi connectivity index (χ0v) is 12.8. The molecule has 0 fully saturated rings. The zero-order chi connectivity index (χ0) is 15.4. The molecule has 4 nitrogen and oxygen atoms in total. The first-order chi connectivity index (χ1) is 10.8. The van der Waals surface area contributed by atoms with Gasteiger partial charge in [0.15, 0.2) is 0 Å². The number of benzene rings is 2. The van der Waals surface area contributed by atoms with Gasteiger partial charge in [0.2, 0.25) is 0 Å². The Morgan fingerprint density at radius 1 is 1.00 bits per heavy atom. The van der Waals surface area contributed by atoms with Crippen LogP contribution in [-0.2, 0) is 6.54 Å². The van der Waals surface area contributed by atoms with E-state index in [0.29, 0.717) is 0 Å². The number of rotatable bonds is 5. The lowest BCUT2D eigenvalue weighted by molar-refractivity contribution is 0.415. The summed E-state index contributed by atoms with van der Waals surface area (Å²) in [7, 11) is 3.71. The Labute approximate surface area is 130 Å². The van der Waals surface area contributed by atoms with Crippen LogP contribution in [0.5, 0.6) is 5.75 Å². The van der Waals surface area contributed by atoms with Crippen LogP contribution < -0.4 is 9.64 Å². The van der Waals surface area contributed by atoms with E-state index in [0.717, 1.165) is 23.7 Å². The molecule has 0 N–H and O–H groups in total. The number of ether oxygens (including phenoxy) is 1. The van der Waals surface area contributed by atoms with Crippen molar-refractivity contribution in [2.75, 3.05) is 19.1 Å². The smallest absolute Gasteiger partial charge is 0.119 e. The first-order valence-corrected chi connectivity index (χ1v) is 7.20. The van der Waals surface area contributed by atoms with E-state index < -0.39 is 0 Å². The predicted molar refractivity (Wildman–Crippen MR) is 88.8 cm³/mol. The lowest BCUT2D eigenvalue weighted by Crippen LogP contribution is -2.08. The minimum atomic E-state index is 0.775. The van der Waals surface area contributed by atoms with Crippen molar-refractivity contribution in [1.29, 1.82) is 0 Å². The highest BCUT2D eigenvalue weighted by atomic mass is 16.5. The Hall–Kier alpha value is -2.75. The van der Waals surface area contributed by atoms with Crippen LogP contribution in [0.4, 0.5) is 11.4 Å². The zero-order valence-electron chi connectivity index (χ0n) is 12.8. The Morgan fingerprint density at radius 2 is 1.73 bits per heavy atom. The van der Waals surface area contributed by atoms with E-state index >= 15 is 0 Å². The van der Waals surface area contributed by atoms with Gasteiger partial charge in [0, 0.05) is 18.9 Å². The van der Waals surface area contributed by atoms with Crippen LogP contribution in [0.2, 0.25) is 0 Å². The third-order valence-corrected chi connectivity index (χ3v) is 3.65. The summed E-state index contributed by atoms with van der Waals surface area (Å²) >= 11 is 0. The van der Waals surface area contributed by atoms with Crippen LogP contribution in [-0.4, -0.2) is 23.9 Å². The van der Waals surface area contributed by atoms with E-state index in [2.05, 4.69) is 28.3 Å². The second-order valence-electron chi connectivity index (χ2n) is 5.14. The molecule has 2 aromatic carbocycles. The van der Waals surface area contributed by atoms with E-state index in [1.807, 2.05) is 60.4 Å². The van der Waals surface area contributed by atoms with Crippen molar-refractivity contribution in [3.8, 4) is 5.75 Å². The van der Waals surface area contributed by atoms with Crippen molar-refractivity contribution in [1.82, 2.24) is 9.78 Å². The third kappa shape index (κ3) is 3.11. The number of hydrogen-bond donors (Lipinski definition) is 0. The minimum Gasteiger partial charge on any atom is -0.497 e. The lowest BCUT2D eigenvalue weighted by Gasteiger charge is -2.17. The molecule has 0 spiro atoms. The van der Waals surface area contributed by atoms with Gasteiger partial charge in [-0.25, -0.2) is 0 Å². The van der Waals surface area contributed by atoms with Gasteiger partial charge in [-0.05, 0) is 29.8 Å². The lowest BCUT2D eigenvalue weighted by atomic mass is 10.2. The van der Waals surface area contributed by atoms with Gasteiger partial charge in [-0.1, -0.05) is 30.3 Å². The minimum absolute atomic E-state index is 0.775. The summed E-state index contributed by atoms with van der Waals surface area (Å²) in [6.07, 6.45) is 3.93. The van der Waals surface area contributed by atoms with Crippen molar-refractivity contribution in [3.05, 3.63) is 72.6 Å². The molecule has 0 aliphatic rings. The molecule has 0 aliphatic heterocycles. The molecule has 0 amide bonds. The average Bonchev–Trinajstić information content (AvgIpc) is 3.04. The van der Waals surface area contributed by atoms with Crippen molar-refractivity contribution in [2.45, 2.75) is 6.54 Å². The first-order valence-electron chi connectivity index (χ1n) is 7.20. The van der Waals surface area contributed by atoms with E-state index in [-0.39, 0.29) is 0 Å². The van der Waals surface area contributed by atoms with Crippen LogP contribution in [0, 0.1) is 0 Å². The van der Waals surface area contributed by atoms with Crippen LogP contribution in [0.15, 0.2) is 67.0 Å². The van der Waals surface area contributed by atoms with Crippen LogP contribution in [0.3, 0.4) is 0 Å². The predicted octanol–water partition coefficient (Wildman–Crippen LogP) is 3.71. The van der Waals surface area contributed by atoms with Gasteiger partial charge in [-0.15, -0.1) is 0 Å². The Bertz CT molecular complexity index is 720. The van der Waals surface area contributed by atoms with E-state index in [9.17, 15) is 0 Å². The molecule has 112 valence electrons. The van der Waals surface area contributed by atoms with Gasteiger partial charge in [-0.3, -0.25) is 4.68 Å². The number of hydrogen-bond acceptors (Lipinski definition) is 3. The van der Waals surface area contributed by atoms with Gasteiger partial charge < -0.3 is 9.64 Å². The first kappa shape index (κ1) is 14.2. The van der Waals surface area contributed by atoms with Crippen LogP contribution >= 0.6 is 0 Å². The van der Waals surface area contributed by atoms with Crippen molar-refractivity contribution < 1.29 is 4.74 Å². The highest BCUT2D eigenvalue weighted by Gasteiger charge is 2.07. The number of anilines is 2. The molecule has 4 heteroatoms. The molecule has 0 atom stereocenters. The standard InChI is InChI=1S/C18H19N3O/c1-20(16-8-10-18(22-2)11-9-16)17-12-19-21(14-17)13-15-6-4-3-5-7-15/h3-12,14H,13H2,1-2H3. The van der Waals surface area contributed by atoms with E-state index in [4.69, 9.17) is 4.74 Å². The van der Waals surface area contributed by atoms with E-state index in [1.165, 1.54) is 5.56 Å². The molecule has 0 radical (unpaired) electrons. The normalized spacial score (nSPS) is 10.5. The summed E-state index contributed by atoms with van der Waals surface area (Å²) in [4.78, 5) is 2.11. The summed E-state index contributed by atoms with van der Waals surface area (Å²) in [6, 6.07) is 18.3. The molecule has 0 bridgehead atoms. The third-order valence-electron chi connectivity index (χ3n) is 3.65. The van der Waals surface area contributed by atoms with Gasteiger partial charge in [0.1, 0.15) is 5.75 Å². The quantitative estimate of drug-likeness (QED) is 0.718. The molecule has 0 aliphatic carbocycles. The van der Waals surface area contributed by atoms with Crippen molar-refractivity contribution in [3.63, 3.8) is 0 Å². The summed E-state index contributed by atoms with van der Waals surface area (Å²) in [5.41, 5.74) is 3.39. The maximum atomic E-state index is 5.19. The number of methoxy groups -OCH3 is 1. The molecule has 0 unspecified atom stereocenters. The van der Waals surface area contributed by atoms with Gasteiger partial charge in [0.25, 0.3) is 0 Å². The maximum Gasteiger partial charge on any atom is 0.119 e.